The monoisotopic (exact) mass is 333 g/mol. The molecule has 1 rings (SSSR count). The van der Waals surface area contributed by atoms with E-state index in [1.165, 1.54) is 0 Å². The average molecular weight is 333 g/mol. The number of hydrogen-bond acceptors (Lipinski definition) is 5. The molecule has 0 aliphatic heterocycles. The van der Waals surface area contributed by atoms with E-state index in [0.717, 1.165) is 14.2 Å². The second kappa shape index (κ2) is 8.16. The molecule has 6 nitrogen and oxygen atoms in total. The molecule has 0 saturated carbocycles. The maximum Gasteiger partial charge on any atom is 0.328 e. The number of amides is 1. The van der Waals surface area contributed by atoms with Crippen molar-refractivity contribution in [1.82, 2.24) is 5.32 Å². The van der Waals surface area contributed by atoms with E-state index >= 15 is 0 Å². The maximum atomic E-state index is 13.5. The third kappa shape index (κ3) is 4.97. The molecule has 1 aromatic rings. The predicted molar refractivity (Wildman–Crippen MR) is 70.8 cm³/mol. The molecule has 0 aliphatic carbocycles. The van der Waals surface area contributed by atoms with E-state index in [0.29, 0.717) is 12.1 Å². The highest BCUT2D eigenvalue weighted by molar-refractivity contribution is 5.97. The number of ether oxygens (including phenoxy) is 2. The van der Waals surface area contributed by atoms with Gasteiger partial charge in [0.2, 0.25) is 0 Å². The number of carbonyl (C=O) groups excluding carboxylic acids is 3. The van der Waals surface area contributed by atoms with Crippen molar-refractivity contribution in [3.63, 3.8) is 0 Å². The van der Waals surface area contributed by atoms with E-state index in [4.69, 9.17) is 0 Å². The Hall–Kier alpha value is -2.58. The molecule has 0 aliphatic rings. The van der Waals surface area contributed by atoms with Crippen LogP contribution in [0.25, 0.3) is 0 Å². The SMILES string of the molecule is COC(=O)CC[C@H](NC(=O)c1c(F)cc(F)cc1F)C(=O)OC. The van der Waals surface area contributed by atoms with Crippen molar-refractivity contribution >= 4 is 17.8 Å². The zero-order chi connectivity index (χ0) is 17.6. The van der Waals surface area contributed by atoms with Crippen LogP contribution in [0.1, 0.15) is 23.2 Å². The molecule has 23 heavy (non-hydrogen) atoms. The Labute approximate surface area is 129 Å². The van der Waals surface area contributed by atoms with Crippen LogP contribution < -0.4 is 5.32 Å². The number of methoxy groups -OCH3 is 2. The lowest BCUT2D eigenvalue weighted by Gasteiger charge is -2.16. The van der Waals surface area contributed by atoms with Gasteiger partial charge in [0.15, 0.2) is 0 Å². The van der Waals surface area contributed by atoms with Gasteiger partial charge in [0.25, 0.3) is 5.91 Å². The fraction of sp³-hybridized carbons (Fsp3) is 0.357. The van der Waals surface area contributed by atoms with Gasteiger partial charge >= 0.3 is 11.9 Å². The van der Waals surface area contributed by atoms with E-state index in [-0.39, 0.29) is 12.8 Å². The van der Waals surface area contributed by atoms with E-state index in [1.54, 1.807) is 0 Å². The van der Waals surface area contributed by atoms with E-state index in [1.807, 2.05) is 5.32 Å². The van der Waals surface area contributed by atoms with Crippen LogP contribution in [0.15, 0.2) is 12.1 Å². The van der Waals surface area contributed by atoms with Crippen molar-refractivity contribution in [2.75, 3.05) is 14.2 Å². The van der Waals surface area contributed by atoms with Gasteiger partial charge in [-0.05, 0) is 6.42 Å². The molecule has 0 spiro atoms. The van der Waals surface area contributed by atoms with Gasteiger partial charge in [-0.15, -0.1) is 0 Å². The number of carbonyl (C=O) groups is 3. The summed E-state index contributed by atoms with van der Waals surface area (Å²) >= 11 is 0. The largest absolute Gasteiger partial charge is 0.469 e. The van der Waals surface area contributed by atoms with Crippen LogP contribution >= 0.6 is 0 Å². The van der Waals surface area contributed by atoms with Crippen LogP contribution in [-0.4, -0.2) is 38.1 Å². The van der Waals surface area contributed by atoms with Crippen molar-refractivity contribution in [1.29, 1.82) is 0 Å². The first kappa shape index (κ1) is 18.5. The molecule has 0 aromatic heterocycles. The highest BCUT2D eigenvalue weighted by atomic mass is 19.1. The molecular formula is C14H14F3NO5. The number of nitrogens with one attached hydrogen (secondary N) is 1. The Kier molecular flexibility index (Phi) is 6.55. The van der Waals surface area contributed by atoms with Gasteiger partial charge in [-0.1, -0.05) is 0 Å². The lowest BCUT2D eigenvalue weighted by atomic mass is 10.1. The average Bonchev–Trinajstić information content (AvgIpc) is 2.49. The fourth-order valence-corrected chi connectivity index (χ4v) is 1.74. The Balaban J connectivity index is 2.93. The molecule has 9 heteroatoms. The second-order valence-corrected chi connectivity index (χ2v) is 4.41. The summed E-state index contributed by atoms with van der Waals surface area (Å²) in [6.07, 6.45) is -0.430. The highest BCUT2D eigenvalue weighted by Gasteiger charge is 2.26. The quantitative estimate of drug-likeness (QED) is 0.794. The van der Waals surface area contributed by atoms with Crippen molar-refractivity contribution in [2.45, 2.75) is 18.9 Å². The molecule has 1 amide bonds. The molecule has 0 radical (unpaired) electrons. The van der Waals surface area contributed by atoms with E-state index < -0.39 is 46.9 Å². The van der Waals surface area contributed by atoms with Crippen molar-refractivity contribution in [2.24, 2.45) is 0 Å². The Bertz CT molecular complexity index is 597. The zero-order valence-corrected chi connectivity index (χ0v) is 12.3. The van der Waals surface area contributed by atoms with Crippen molar-refractivity contribution in [3.05, 3.63) is 35.1 Å². The normalized spacial score (nSPS) is 11.5. The Morgan fingerprint density at radius 2 is 1.65 bits per heavy atom. The lowest BCUT2D eigenvalue weighted by Crippen LogP contribution is -2.42. The number of esters is 2. The third-order valence-corrected chi connectivity index (χ3v) is 2.89. The summed E-state index contributed by atoms with van der Waals surface area (Å²) in [6.45, 7) is 0. The molecule has 0 unspecified atom stereocenters. The number of hydrogen-bond donors (Lipinski definition) is 1. The first-order valence-corrected chi connectivity index (χ1v) is 6.40. The summed E-state index contributed by atoms with van der Waals surface area (Å²) < 4.78 is 48.7. The Morgan fingerprint density at radius 1 is 1.09 bits per heavy atom. The number of benzene rings is 1. The topological polar surface area (TPSA) is 81.7 Å². The minimum atomic E-state index is -1.42. The van der Waals surface area contributed by atoms with Crippen molar-refractivity contribution < 1.29 is 37.0 Å². The highest BCUT2D eigenvalue weighted by Crippen LogP contribution is 2.15. The second-order valence-electron chi connectivity index (χ2n) is 4.41. The van der Waals surface area contributed by atoms with Crippen LogP contribution in [0, 0.1) is 17.5 Å². The predicted octanol–water partition coefficient (Wildman–Crippen LogP) is 1.33. The molecule has 0 saturated heterocycles. The number of halogens is 3. The van der Waals surface area contributed by atoms with Crippen molar-refractivity contribution in [3.8, 4) is 0 Å². The van der Waals surface area contributed by atoms with Crippen LogP contribution in [0.2, 0.25) is 0 Å². The molecule has 0 heterocycles. The molecule has 0 bridgehead atoms. The summed E-state index contributed by atoms with van der Waals surface area (Å²) in [7, 11) is 2.18. The summed E-state index contributed by atoms with van der Waals surface area (Å²) in [4.78, 5) is 34.6. The minimum absolute atomic E-state index is 0.199. The first-order chi connectivity index (χ1) is 10.8. The Morgan fingerprint density at radius 3 is 2.13 bits per heavy atom. The maximum absolute atomic E-state index is 13.5. The molecule has 126 valence electrons. The first-order valence-electron chi connectivity index (χ1n) is 6.40. The van der Waals surface area contributed by atoms with Crippen LogP contribution in [0.4, 0.5) is 13.2 Å². The van der Waals surface area contributed by atoms with Crippen LogP contribution in [0.5, 0.6) is 0 Å². The van der Waals surface area contributed by atoms with Crippen LogP contribution in [0.3, 0.4) is 0 Å². The molecule has 1 N–H and O–H groups in total. The summed E-state index contributed by atoms with van der Waals surface area (Å²) in [5.41, 5.74) is -1.04. The van der Waals surface area contributed by atoms with Gasteiger partial charge in [0.1, 0.15) is 29.1 Å². The minimum Gasteiger partial charge on any atom is -0.469 e. The number of rotatable bonds is 6. The summed E-state index contributed by atoms with van der Waals surface area (Å²) in [6, 6.07) is -0.658. The molecular weight excluding hydrogens is 319 g/mol. The van der Waals surface area contributed by atoms with Gasteiger partial charge in [0, 0.05) is 18.6 Å². The molecule has 1 atom stereocenters. The van der Waals surface area contributed by atoms with E-state index in [9.17, 15) is 27.6 Å². The smallest absolute Gasteiger partial charge is 0.328 e. The third-order valence-electron chi connectivity index (χ3n) is 2.89. The van der Waals surface area contributed by atoms with Gasteiger partial charge in [0.05, 0.1) is 14.2 Å². The fourth-order valence-electron chi connectivity index (χ4n) is 1.74. The zero-order valence-electron chi connectivity index (χ0n) is 12.3. The van der Waals surface area contributed by atoms with Gasteiger partial charge in [-0.3, -0.25) is 9.59 Å². The lowest BCUT2D eigenvalue weighted by molar-refractivity contribution is -0.144. The molecule has 0 fully saturated rings. The summed E-state index contributed by atoms with van der Waals surface area (Å²) in [5, 5.41) is 2.04. The van der Waals surface area contributed by atoms with Gasteiger partial charge < -0.3 is 14.8 Å². The van der Waals surface area contributed by atoms with E-state index in [2.05, 4.69) is 9.47 Å². The van der Waals surface area contributed by atoms with Crippen LogP contribution in [-0.2, 0) is 19.1 Å². The van der Waals surface area contributed by atoms with Gasteiger partial charge in [-0.25, -0.2) is 18.0 Å². The summed E-state index contributed by atoms with van der Waals surface area (Å²) in [5.74, 6) is -6.86. The standard InChI is InChI=1S/C14H14F3NO5/c1-22-11(19)4-3-10(14(21)23-2)18-13(20)12-8(16)5-7(15)6-9(12)17/h5-6,10H,3-4H2,1-2H3,(H,18,20)/t10-/m0/s1. The molecule has 1 aromatic carbocycles. The van der Waals surface area contributed by atoms with Gasteiger partial charge in [-0.2, -0.15) is 0 Å².